The van der Waals surface area contributed by atoms with Crippen LogP contribution in [0.1, 0.15) is 43.1 Å². The number of hydrogen-bond acceptors (Lipinski definition) is 8. The van der Waals surface area contributed by atoms with Crippen LogP contribution in [0.5, 0.6) is 0 Å². The van der Waals surface area contributed by atoms with Crippen LogP contribution < -0.4 is 10.6 Å². The topological polar surface area (TPSA) is 155 Å². The summed E-state index contributed by atoms with van der Waals surface area (Å²) in [5, 5.41) is 31.6. The number of nitrogens with one attached hydrogen (secondary N) is 2. The molecule has 0 atom stereocenters. The van der Waals surface area contributed by atoms with Crippen LogP contribution in [0.15, 0.2) is 42.9 Å². The van der Waals surface area contributed by atoms with Gasteiger partial charge in [0.15, 0.2) is 5.82 Å². The van der Waals surface area contributed by atoms with Crippen molar-refractivity contribution in [1.82, 2.24) is 45.0 Å². The number of piperidine rings is 1. The third kappa shape index (κ3) is 4.67. The average molecular weight is 491 g/mol. The molecule has 1 fully saturated rings. The summed E-state index contributed by atoms with van der Waals surface area (Å²) < 4.78 is 1.61. The van der Waals surface area contributed by atoms with Gasteiger partial charge >= 0.3 is 6.09 Å². The first-order valence-corrected chi connectivity index (χ1v) is 11.7. The molecule has 0 aliphatic carbocycles. The molecule has 3 N–H and O–H groups in total. The van der Waals surface area contributed by atoms with Gasteiger partial charge in [0.05, 0.1) is 11.6 Å². The molecule has 1 aromatic carbocycles. The van der Waals surface area contributed by atoms with Crippen molar-refractivity contribution >= 4 is 29.0 Å². The molecule has 1 aliphatic rings. The van der Waals surface area contributed by atoms with Crippen LogP contribution in [0.25, 0.3) is 16.9 Å². The molecular formula is C23H26N10O3. The van der Waals surface area contributed by atoms with Crippen molar-refractivity contribution in [2.75, 3.05) is 18.4 Å². The Morgan fingerprint density at radius 3 is 2.69 bits per heavy atom. The molecular weight excluding hydrogens is 464 g/mol. The lowest BCUT2D eigenvalue weighted by Gasteiger charge is -2.31. The number of carbonyl (C=O) groups excluding carboxylic acids is 1. The quantitative estimate of drug-likeness (QED) is 0.370. The molecule has 2 amide bonds. The van der Waals surface area contributed by atoms with Crippen LogP contribution in [0.4, 0.5) is 16.3 Å². The molecule has 36 heavy (non-hydrogen) atoms. The third-order valence-corrected chi connectivity index (χ3v) is 6.07. The second-order valence-corrected chi connectivity index (χ2v) is 8.88. The zero-order chi connectivity index (χ0) is 25.2. The molecule has 0 spiro atoms. The van der Waals surface area contributed by atoms with Crippen LogP contribution in [0.3, 0.4) is 0 Å². The van der Waals surface area contributed by atoms with Gasteiger partial charge in [-0.1, -0.05) is 12.1 Å². The minimum atomic E-state index is -1.05. The number of likely N-dealkylation sites (tertiary alicyclic amines) is 1. The van der Waals surface area contributed by atoms with E-state index >= 15 is 0 Å². The van der Waals surface area contributed by atoms with Crippen LogP contribution >= 0.6 is 0 Å². The fourth-order valence-electron chi connectivity index (χ4n) is 4.22. The number of benzene rings is 1. The lowest BCUT2D eigenvalue weighted by Crippen LogP contribution is -2.46. The maximum atomic E-state index is 13.4. The van der Waals surface area contributed by atoms with Crippen molar-refractivity contribution in [2.45, 2.75) is 38.8 Å². The van der Waals surface area contributed by atoms with Gasteiger partial charge in [0, 0.05) is 36.6 Å². The highest BCUT2D eigenvalue weighted by molar-refractivity contribution is 6.04. The molecule has 1 aliphatic heterocycles. The van der Waals surface area contributed by atoms with E-state index in [-0.39, 0.29) is 18.0 Å². The summed E-state index contributed by atoms with van der Waals surface area (Å²) in [6, 6.07) is 9.24. The molecule has 3 aromatic heterocycles. The summed E-state index contributed by atoms with van der Waals surface area (Å²) in [5.74, 6) is 0.851. The summed E-state index contributed by atoms with van der Waals surface area (Å²) in [7, 11) is 0. The van der Waals surface area contributed by atoms with E-state index < -0.39 is 6.09 Å². The smallest absolute Gasteiger partial charge is 0.404 e. The molecule has 186 valence electrons. The molecule has 1 saturated heterocycles. The van der Waals surface area contributed by atoms with Gasteiger partial charge in [-0.15, -0.1) is 10.2 Å². The van der Waals surface area contributed by atoms with Crippen LogP contribution in [-0.4, -0.2) is 75.9 Å². The summed E-state index contributed by atoms with van der Waals surface area (Å²) >= 11 is 0. The number of hydrogen-bond donors (Lipinski definition) is 3. The lowest BCUT2D eigenvalue weighted by atomic mass is 10.0. The third-order valence-electron chi connectivity index (χ3n) is 6.07. The van der Waals surface area contributed by atoms with Gasteiger partial charge in [0.2, 0.25) is 5.82 Å². The lowest BCUT2D eigenvalue weighted by molar-refractivity contribution is 0.0708. The zero-order valence-electron chi connectivity index (χ0n) is 19.9. The molecule has 0 bridgehead atoms. The first kappa shape index (κ1) is 23.2. The fourth-order valence-corrected chi connectivity index (χ4v) is 4.22. The standard InChI is InChI=1S/C23H26N10O3/c1-14(2)33-29-20(28-30-33)15-4-3-5-17(12-15)26-21-19-18(8-11-32(19)25-13-24-21)22(34)31-9-6-16(7-10-31)27-23(35)36/h3-5,8,11-14,16,27H,6-7,9-10H2,1-2H3,(H,35,36)(H,24,25,26). The molecule has 13 heteroatoms. The van der Waals surface area contributed by atoms with E-state index in [9.17, 15) is 9.59 Å². The minimum Gasteiger partial charge on any atom is -0.465 e. The Kier molecular flexibility index (Phi) is 6.19. The first-order chi connectivity index (χ1) is 17.4. The number of aromatic nitrogens is 7. The molecule has 4 aromatic rings. The van der Waals surface area contributed by atoms with Crippen LogP contribution in [0, 0.1) is 0 Å². The molecule has 13 nitrogen and oxygen atoms in total. The van der Waals surface area contributed by atoms with Crippen molar-refractivity contribution < 1.29 is 14.7 Å². The Bertz CT molecular complexity index is 1400. The number of anilines is 2. The maximum absolute atomic E-state index is 13.4. The second-order valence-electron chi connectivity index (χ2n) is 8.88. The summed E-state index contributed by atoms with van der Waals surface area (Å²) in [6.07, 6.45) is 3.22. The van der Waals surface area contributed by atoms with Crippen molar-refractivity contribution in [3.05, 3.63) is 48.4 Å². The largest absolute Gasteiger partial charge is 0.465 e. The predicted octanol–water partition coefficient (Wildman–Crippen LogP) is 2.58. The van der Waals surface area contributed by atoms with E-state index in [4.69, 9.17) is 5.11 Å². The van der Waals surface area contributed by atoms with E-state index in [2.05, 4.69) is 36.1 Å². The van der Waals surface area contributed by atoms with Gasteiger partial charge < -0.3 is 20.6 Å². The Labute approximate surface area is 206 Å². The fraction of sp³-hybridized carbons (Fsp3) is 0.348. The van der Waals surface area contributed by atoms with E-state index in [0.29, 0.717) is 48.7 Å². The number of nitrogens with zero attached hydrogens (tertiary/aromatic N) is 8. The van der Waals surface area contributed by atoms with Crippen molar-refractivity contribution in [1.29, 1.82) is 0 Å². The van der Waals surface area contributed by atoms with Crippen molar-refractivity contribution in [3.63, 3.8) is 0 Å². The monoisotopic (exact) mass is 490 g/mol. The average Bonchev–Trinajstić information content (AvgIpc) is 3.53. The van der Waals surface area contributed by atoms with Crippen molar-refractivity contribution in [3.8, 4) is 11.4 Å². The van der Waals surface area contributed by atoms with Crippen LogP contribution in [0.2, 0.25) is 0 Å². The number of carbonyl (C=O) groups is 2. The van der Waals surface area contributed by atoms with Gasteiger partial charge in [0.25, 0.3) is 5.91 Å². The van der Waals surface area contributed by atoms with Gasteiger partial charge in [-0.3, -0.25) is 4.79 Å². The van der Waals surface area contributed by atoms with Gasteiger partial charge in [-0.05, 0) is 50.1 Å². The highest BCUT2D eigenvalue weighted by Crippen LogP contribution is 2.27. The number of carboxylic acid groups (broad SMARTS) is 1. The first-order valence-electron chi connectivity index (χ1n) is 11.7. The number of fused-ring (bicyclic) bond motifs is 1. The van der Waals surface area contributed by atoms with Gasteiger partial charge in [0.1, 0.15) is 11.8 Å². The van der Waals surface area contributed by atoms with Crippen molar-refractivity contribution in [2.24, 2.45) is 0 Å². The van der Waals surface area contributed by atoms with Gasteiger partial charge in [-0.2, -0.15) is 9.90 Å². The minimum absolute atomic E-state index is 0.103. The Morgan fingerprint density at radius 1 is 1.17 bits per heavy atom. The predicted molar refractivity (Wildman–Crippen MR) is 130 cm³/mol. The molecule has 4 heterocycles. The Morgan fingerprint density at radius 2 is 1.97 bits per heavy atom. The van der Waals surface area contributed by atoms with E-state index in [1.165, 1.54) is 6.33 Å². The highest BCUT2D eigenvalue weighted by atomic mass is 16.4. The second kappa shape index (κ2) is 9.60. The maximum Gasteiger partial charge on any atom is 0.404 e. The summed E-state index contributed by atoms with van der Waals surface area (Å²) in [6.45, 7) is 4.89. The normalized spacial score (nSPS) is 14.4. The van der Waals surface area contributed by atoms with E-state index in [1.807, 2.05) is 38.1 Å². The summed E-state index contributed by atoms with van der Waals surface area (Å²) in [4.78, 5) is 32.0. The van der Waals surface area contributed by atoms with Gasteiger partial charge in [-0.25, -0.2) is 14.3 Å². The number of rotatable bonds is 6. The van der Waals surface area contributed by atoms with E-state index in [1.54, 1.807) is 26.5 Å². The zero-order valence-corrected chi connectivity index (χ0v) is 19.9. The molecule has 5 rings (SSSR count). The molecule has 0 radical (unpaired) electrons. The van der Waals surface area contributed by atoms with E-state index in [0.717, 1.165) is 11.3 Å². The molecule has 0 saturated carbocycles. The number of amides is 2. The Hall–Kier alpha value is -4.55. The SMILES string of the molecule is CC(C)n1nnc(-c2cccc(Nc3ncnn4ccc(C(=O)N5CCC(NC(=O)O)CC5)c34)c2)n1. The Balaban J connectivity index is 1.39. The number of tetrazole rings is 1. The summed E-state index contributed by atoms with van der Waals surface area (Å²) in [5.41, 5.74) is 2.57. The highest BCUT2D eigenvalue weighted by Gasteiger charge is 2.27. The molecule has 0 unspecified atom stereocenters. The van der Waals surface area contributed by atoms with Crippen LogP contribution in [-0.2, 0) is 0 Å².